The second kappa shape index (κ2) is 6.31. The van der Waals surface area contributed by atoms with Gasteiger partial charge in [-0.25, -0.2) is 18.2 Å². The van der Waals surface area contributed by atoms with Crippen LogP contribution < -0.4 is 10.5 Å². The second-order valence-electron chi connectivity index (χ2n) is 5.00. The smallest absolute Gasteiger partial charge is 0.271 e. The highest BCUT2D eigenvalue weighted by Crippen LogP contribution is 2.34. The van der Waals surface area contributed by atoms with Crippen LogP contribution in [0.15, 0.2) is 40.8 Å². The van der Waals surface area contributed by atoms with E-state index in [-0.39, 0.29) is 17.1 Å². The lowest BCUT2D eigenvalue weighted by Crippen LogP contribution is -2.12. The molecule has 3 aromatic rings. The Morgan fingerprint density at radius 2 is 1.80 bits per heavy atom. The Labute approximate surface area is 139 Å². The summed E-state index contributed by atoms with van der Waals surface area (Å²) in [6.45, 7) is 0. The van der Waals surface area contributed by atoms with Gasteiger partial charge < -0.3 is 14.9 Å². The molecule has 0 radical (unpaired) electrons. The van der Waals surface area contributed by atoms with Crippen LogP contribution in [0.25, 0.3) is 22.8 Å². The van der Waals surface area contributed by atoms with Gasteiger partial charge in [0.15, 0.2) is 11.5 Å². The van der Waals surface area contributed by atoms with E-state index >= 15 is 0 Å². The van der Waals surface area contributed by atoms with Crippen LogP contribution in [-0.2, 0) is 0 Å². The first-order valence-electron chi connectivity index (χ1n) is 7.01. The zero-order chi connectivity index (χ0) is 18.1. The SMILES string of the molecule is COc1ccc(-c2oc(-c3c(F)cccc3F)nc2C(N)=O)c(F)c1. The molecule has 0 aliphatic rings. The Balaban J connectivity index is 2.22. The van der Waals surface area contributed by atoms with E-state index < -0.39 is 40.5 Å². The summed E-state index contributed by atoms with van der Waals surface area (Å²) < 4.78 is 52.3. The van der Waals surface area contributed by atoms with E-state index in [4.69, 9.17) is 14.9 Å². The maximum atomic E-state index is 14.3. The molecule has 1 aromatic heterocycles. The van der Waals surface area contributed by atoms with Crippen LogP contribution in [-0.4, -0.2) is 18.0 Å². The van der Waals surface area contributed by atoms with E-state index in [9.17, 15) is 18.0 Å². The number of primary amides is 1. The maximum Gasteiger partial charge on any atom is 0.271 e. The van der Waals surface area contributed by atoms with E-state index in [0.29, 0.717) is 0 Å². The third-order valence-electron chi connectivity index (χ3n) is 3.46. The minimum atomic E-state index is -1.03. The van der Waals surface area contributed by atoms with Crippen molar-refractivity contribution in [1.82, 2.24) is 4.98 Å². The molecule has 3 rings (SSSR count). The number of aromatic nitrogens is 1. The van der Waals surface area contributed by atoms with Gasteiger partial charge in [-0.05, 0) is 24.3 Å². The van der Waals surface area contributed by atoms with Gasteiger partial charge in [0.1, 0.15) is 28.8 Å². The van der Waals surface area contributed by atoms with Crippen molar-refractivity contribution < 1.29 is 27.1 Å². The predicted molar refractivity (Wildman–Crippen MR) is 82.3 cm³/mol. The van der Waals surface area contributed by atoms with Crippen LogP contribution in [0.4, 0.5) is 13.2 Å². The van der Waals surface area contributed by atoms with Gasteiger partial charge in [0, 0.05) is 6.07 Å². The predicted octanol–water partition coefficient (Wildman–Crippen LogP) is 3.53. The molecule has 1 heterocycles. The zero-order valence-corrected chi connectivity index (χ0v) is 12.8. The first-order chi connectivity index (χ1) is 11.9. The highest BCUT2D eigenvalue weighted by Gasteiger charge is 2.25. The van der Waals surface area contributed by atoms with Gasteiger partial charge in [-0.2, -0.15) is 0 Å². The third kappa shape index (κ3) is 2.93. The van der Waals surface area contributed by atoms with Gasteiger partial charge in [-0.15, -0.1) is 0 Å². The molecular formula is C17H11F3N2O3. The van der Waals surface area contributed by atoms with Crippen molar-refractivity contribution >= 4 is 5.91 Å². The number of carbonyl (C=O) groups excluding carboxylic acids is 1. The van der Waals surface area contributed by atoms with E-state index in [1.54, 1.807) is 0 Å². The lowest BCUT2D eigenvalue weighted by molar-refractivity contribution is 0.0996. The third-order valence-corrected chi connectivity index (χ3v) is 3.46. The summed E-state index contributed by atoms with van der Waals surface area (Å²) in [7, 11) is 1.36. The minimum absolute atomic E-state index is 0.148. The number of rotatable bonds is 4. The number of carbonyl (C=O) groups is 1. The summed E-state index contributed by atoms with van der Waals surface area (Å²) in [5, 5.41) is 0. The molecule has 0 aliphatic carbocycles. The topological polar surface area (TPSA) is 78.3 Å². The molecule has 5 nitrogen and oxygen atoms in total. The molecule has 0 spiro atoms. The maximum absolute atomic E-state index is 14.3. The van der Waals surface area contributed by atoms with Crippen LogP contribution >= 0.6 is 0 Å². The molecule has 0 saturated carbocycles. The van der Waals surface area contributed by atoms with Crippen LogP contribution in [0.1, 0.15) is 10.5 Å². The lowest BCUT2D eigenvalue weighted by Gasteiger charge is -2.04. The number of ether oxygens (including phenoxy) is 1. The molecule has 0 unspecified atom stereocenters. The molecule has 2 aromatic carbocycles. The summed E-state index contributed by atoms with van der Waals surface area (Å²) in [5.74, 6) is -4.31. The number of methoxy groups -OCH3 is 1. The molecule has 0 aliphatic heterocycles. The lowest BCUT2D eigenvalue weighted by atomic mass is 10.1. The average Bonchev–Trinajstić information content (AvgIpc) is 2.99. The number of nitrogens with zero attached hydrogens (tertiary/aromatic N) is 1. The largest absolute Gasteiger partial charge is 0.497 e. The van der Waals surface area contributed by atoms with Crippen molar-refractivity contribution in [2.24, 2.45) is 5.73 Å². The first kappa shape index (κ1) is 16.6. The molecule has 0 bridgehead atoms. The number of nitrogens with two attached hydrogens (primary N) is 1. The van der Waals surface area contributed by atoms with Crippen molar-refractivity contribution in [3.05, 3.63) is 59.5 Å². The highest BCUT2D eigenvalue weighted by atomic mass is 19.1. The summed E-state index contributed by atoms with van der Waals surface area (Å²) >= 11 is 0. The van der Waals surface area contributed by atoms with Crippen molar-refractivity contribution in [3.8, 4) is 28.5 Å². The van der Waals surface area contributed by atoms with Gasteiger partial charge in [-0.3, -0.25) is 4.79 Å². The van der Waals surface area contributed by atoms with E-state index in [1.807, 2.05) is 0 Å². The van der Waals surface area contributed by atoms with Crippen molar-refractivity contribution in [3.63, 3.8) is 0 Å². The number of hydrogen-bond donors (Lipinski definition) is 1. The van der Waals surface area contributed by atoms with Crippen molar-refractivity contribution in [1.29, 1.82) is 0 Å². The van der Waals surface area contributed by atoms with Crippen LogP contribution in [0.2, 0.25) is 0 Å². The molecule has 25 heavy (non-hydrogen) atoms. The van der Waals surface area contributed by atoms with Crippen LogP contribution in [0.5, 0.6) is 5.75 Å². The number of hydrogen-bond acceptors (Lipinski definition) is 4. The van der Waals surface area contributed by atoms with Crippen LogP contribution in [0.3, 0.4) is 0 Å². The number of benzene rings is 2. The fourth-order valence-corrected chi connectivity index (χ4v) is 2.29. The molecule has 0 saturated heterocycles. The number of halogens is 3. The van der Waals surface area contributed by atoms with E-state index in [2.05, 4.69) is 4.98 Å². The van der Waals surface area contributed by atoms with Crippen LogP contribution in [0, 0.1) is 17.5 Å². The molecule has 8 heteroatoms. The van der Waals surface area contributed by atoms with Crippen molar-refractivity contribution in [2.75, 3.05) is 7.11 Å². The summed E-state index contributed by atoms with van der Waals surface area (Å²) in [4.78, 5) is 15.4. The quantitative estimate of drug-likeness (QED) is 0.782. The fourth-order valence-electron chi connectivity index (χ4n) is 2.29. The molecule has 0 atom stereocenters. The Bertz CT molecular complexity index is 950. The Morgan fingerprint density at radius 1 is 1.12 bits per heavy atom. The summed E-state index contributed by atoms with van der Waals surface area (Å²) in [5.41, 5.74) is 4.06. The molecule has 0 fully saturated rings. The summed E-state index contributed by atoms with van der Waals surface area (Å²) in [6, 6.07) is 6.93. The van der Waals surface area contributed by atoms with Gasteiger partial charge >= 0.3 is 0 Å². The number of amides is 1. The van der Waals surface area contributed by atoms with E-state index in [1.165, 1.54) is 19.2 Å². The average molecular weight is 348 g/mol. The standard InChI is InChI=1S/C17H11F3N2O3/c1-24-8-5-6-9(12(20)7-8)15-14(16(21)23)22-17(25-15)13-10(18)3-2-4-11(13)19/h2-7H,1H3,(H2,21,23). The fraction of sp³-hybridized carbons (Fsp3) is 0.0588. The normalized spacial score (nSPS) is 10.7. The minimum Gasteiger partial charge on any atom is -0.497 e. The van der Waals surface area contributed by atoms with Gasteiger partial charge in [0.2, 0.25) is 5.89 Å². The zero-order valence-electron chi connectivity index (χ0n) is 12.8. The van der Waals surface area contributed by atoms with Crippen molar-refractivity contribution in [2.45, 2.75) is 0 Å². The molecule has 2 N–H and O–H groups in total. The number of oxazole rings is 1. The van der Waals surface area contributed by atoms with Gasteiger partial charge in [0.25, 0.3) is 5.91 Å². The van der Waals surface area contributed by atoms with Gasteiger partial charge in [0.05, 0.1) is 12.7 Å². The molecule has 1 amide bonds. The Kier molecular flexibility index (Phi) is 4.18. The Hall–Kier alpha value is -3.29. The highest BCUT2D eigenvalue weighted by molar-refractivity contribution is 5.97. The molecule has 128 valence electrons. The van der Waals surface area contributed by atoms with E-state index in [0.717, 1.165) is 24.3 Å². The second-order valence-corrected chi connectivity index (χ2v) is 5.00. The monoisotopic (exact) mass is 348 g/mol. The Morgan fingerprint density at radius 3 is 2.36 bits per heavy atom. The van der Waals surface area contributed by atoms with Gasteiger partial charge in [-0.1, -0.05) is 6.07 Å². The molecular weight excluding hydrogens is 337 g/mol. The summed E-state index contributed by atoms with van der Waals surface area (Å²) in [6.07, 6.45) is 0. The first-order valence-corrected chi connectivity index (χ1v) is 7.01.